The Kier molecular flexibility index (Phi) is 5.90. The summed E-state index contributed by atoms with van der Waals surface area (Å²) in [5, 5.41) is 2.99. The van der Waals surface area contributed by atoms with Crippen LogP contribution in [0.4, 0.5) is 5.69 Å². The fourth-order valence-electron chi connectivity index (χ4n) is 2.47. The van der Waals surface area contributed by atoms with Gasteiger partial charge in [0.15, 0.2) is 0 Å². The molecule has 2 aromatic rings. The first kappa shape index (κ1) is 16.9. The molecule has 1 nitrogen and oxygen atoms in total. The number of benzene rings is 2. The molecule has 0 fully saturated rings. The fraction of sp³-hybridized carbons (Fsp3) is 0.316. The van der Waals surface area contributed by atoms with E-state index in [0.29, 0.717) is 16.6 Å². The van der Waals surface area contributed by atoms with Crippen molar-refractivity contribution in [1.82, 2.24) is 0 Å². The van der Waals surface area contributed by atoms with Crippen molar-refractivity contribution in [3.63, 3.8) is 0 Å². The summed E-state index contributed by atoms with van der Waals surface area (Å²) < 4.78 is 0. The number of isothiocyanates is 1. The maximum absolute atomic E-state index is 6.30. The molecule has 0 N–H and O–H groups in total. The van der Waals surface area contributed by atoms with Crippen molar-refractivity contribution < 1.29 is 0 Å². The SMILES string of the molecule is CCC(C)Cc1ccc(-c2cc(C)c(N=C=S)c(Cl)c2)cc1. The predicted molar refractivity (Wildman–Crippen MR) is 99.5 cm³/mol. The van der Waals surface area contributed by atoms with Gasteiger partial charge < -0.3 is 0 Å². The number of thiocarbonyl (C=S) groups is 1. The molecule has 0 aliphatic heterocycles. The van der Waals surface area contributed by atoms with E-state index in [1.807, 2.05) is 13.0 Å². The molecule has 2 rings (SSSR count). The number of hydrogen-bond acceptors (Lipinski definition) is 2. The zero-order chi connectivity index (χ0) is 16.1. The molecule has 0 aliphatic carbocycles. The van der Waals surface area contributed by atoms with Crippen LogP contribution in [0.5, 0.6) is 0 Å². The minimum absolute atomic E-state index is 0.607. The van der Waals surface area contributed by atoms with Gasteiger partial charge in [0.05, 0.1) is 15.9 Å². The van der Waals surface area contributed by atoms with Gasteiger partial charge in [-0.2, -0.15) is 4.99 Å². The summed E-state index contributed by atoms with van der Waals surface area (Å²) in [5.41, 5.74) is 5.34. The highest BCUT2D eigenvalue weighted by Crippen LogP contribution is 2.34. The van der Waals surface area contributed by atoms with E-state index in [0.717, 1.165) is 23.1 Å². The van der Waals surface area contributed by atoms with E-state index in [9.17, 15) is 0 Å². The van der Waals surface area contributed by atoms with Crippen LogP contribution in [0.25, 0.3) is 11.1 Å². The molecule has 0 aromatic heterocycles. The van der Waals surface area contributed by atoms with Gasteiger partial charge in [0, 0.05) is 0 Å². The molecule has 0 heterocycles. The van der Waals surface area contributed by atoms with Crippen LogP contribution >= 0.6 is 23.8 Å². The smallest absolute Gasteiger partial charge is 0.0955 e. The lowest BCUT2D eigenvalue weighted by atomic mass is 9.96. The molecule has 0 saturated heterocycles. The number of halogens is 1. The third-order valence-electron chi connectivity index (χ3n) is 3.98. The van der Waals surface area contributed by atoms with Gasteiger partial charge in [-0.05, 0) is 65.9 Å². The fourth-order valence-corrected chi connectivity index (χ4v) is 2.87. The average molecular weight is 330 g/mol. The topological polar surface area (TPSA) is 12.4 Å². The number of aryl methyl sites for hydroxylation is 1. The molecule has 3 heteroatoms. The maximum Gasteiger partial charge on any atom is 0.0955 e. The Labute approximate surface area is 143 Å². The van der Waals surface area contributed by atoms with Gasteiger partial charge >= 0.3 is 0 Å². The van der Waals surface area contributed by atoms with Gasteiger partial charge in [0.25, 0.3) is 0 Å². The van der Waals surface area contributed by atoms with E-state index < -0.39 is 0 Å². The van der Waals surface area contributed by atoms with Crippen molar-refractivity contribution in [2.45, 2.75) is 33.6 Å². The molecule has 1 atom stereocenters. The molecule has 22 heavy (non-hydrogen) atoms. The van der Waals surface area contributed by atoms with Crippen LogP contribution in [0.1, 0.15) is 31.4 Å². The van der Waals surface area contributed by atoms with E-state index in [1.54, 1.807) is 0 Å². The monoisotopic (exact) mass is 329 g/mol. The molecule has 0 bridgehead atoms. The molecular weight excluding hydrogens is 310 g/mol. The Balaban J connectivity index is 2.30. The second kappa shape index (κ2) is 7.69. The van der Waals surface area contributed by atoms with Gasteiger partial charge in [0.1, 0.15) is 0 Å². The lowest BCUT2D eigenvalue weighted by molar-refractivity contribution is 0.560. The quantitative estimate of drug-likeness (QED) is 0.442. The lowest BCUT2D eigenvalue weighted by Crippen LogP contribution is -1.97. The highest BCUT2D eigenvalue weighted by molar-refractivity contribution is 7.78. The molecule has 0 aliphatic rings. The summed E-state index contributed by atoms with van der Waals surface area (Å²) in [7, 11) is 0. The van der Waals surface area contributed by atoms with Crippen molar-refractivity contribution in [2.75, 3.05) is 0 Å². The first-order valence-corrected chi connectivity index (χ1v) is 8.31. The lowest BCUT2D eigenvalue weighted by Gasteiger charge is -2.10. The Hall–Kier alpha value is -1.47. The molecule has 0 radical (unpaired) electrons. The van der Waals surface area contributed by atoms with Crippen LogP contribution < -0.4 is 0 Å². The van der Waals surface area contributed by atoms with E-state index in [-0.39, 0.29) is 0 Å². The summed E-state index contributed by atoms with van der Waals surface area (Å²) in [4.78, 5) is 4.03. The summed E-state index contributed by atoms with van der Waals surface area (Å²) in [5.74, 6) is 0.717. The van der Waals surface area contributed by atoms with Crippen LogP contribution in [-0.2, 0) is 6.42 Å². The van der Waals surface area contributed by atoms with Gasteiger partial charge in [-0.25, -0.2) is 0 Å². The van der Waals surface area contributed by atoms with Crippen LogP contribution in [0, 0.1) is 12.8 Å². The van der Waals surface area contributed by atoms with Crippen LogP contribution in [-0.4, -0.2) is 5.16 Å². The first-order valence-electron chi connectivity index (χ1n) is 7.52. The standard InChI is InChI=1S/C19H20ClNS/c1-4-13(2)9-15-5-7-16(8-6-15)17-10-14(3)19(21-12-22)18(20)11-17/h5-8,10-11,13H,4,9H2,1-3H3. The minimum Gasteiger partial charge on any atom is -0.193 e. The number of aliphatic imine (C=N–C) groups is 1. The van der Waals surface area contributed by atoms with E-state index in [2.05, 4.69) is 66.6 Å². The summed E-state index contributed by atoms with van der Waals surface area (Å²) in [6.07, 6.45) is 2.33. The third-order valence-corrected chi connectivity index (χ3v) is 4.36. The second-order valence-electron chi connectivity index (χ2n) is 5.74. The first-order chi connectivity index (χ1) is 10.5. The van der Waals surface area contributed by atoms with Gasteiger partial charge in [-0.1, -0.05) is 56.1 Å². The number of rotatable bonds is 5. The molecule has 2 aromatic carbocycles. The Morgan fingerprint density at radius 2 is 1.86 bits per heavy atom. The van der Waals surface area contributed by atoms with Crippen LogP contribution in [0.15, 0.2) is 41.4 Å². The maximum atomic E-state index is 6.30. The van der Waals surface area contributed by atoms with Crippen molar-refractivity contribution in [3.05, 3.63) is 52.5 Å². The van der Waals surface area contributed by atoms with Gasteiger partial charge in [0.2, 0.25) is 0 Å². The Bertz CT molecular complexity index is 677. The van der Waals surface area contributed by atoms with Crippen LogP contribution in [0.3, 0.4) is 0 Å². The molecule has 0 saturated carbocycles. The van der Waals surface area contributed by atoms with Crippen molar-refractivity contribution in [3.8, 4) is 11.1 Å². The predicted octanol–water partition coefficient (Wildman–Crippen LogP) is 6.64. The zero-order valence-electron chi connectivity index (χ0n) is 13.2. The molecule has 114 valence electrons. The Morgan fingerprint density at radius 3 is 2.41 bits per heavy atom. The number of nitrogens with zero attached hydrogens (tertiary/aromatic N) is 1. The van der Waals surface area contributed by atoms with E-state index in [4.69, 9.17) is 11.6 Å². The van der Waals surface area contributed by atoms with E-state index >= 15 is 0 Å². The summed E-state index contributed by atoms with van der Waals surface area (Å²) in [6, 6.07) is 12.7. The molecular formula is C19H20ClNS. The zero-order valence-corrected chi connectivity index (χ0v) is 14.8. The van der Waals surface area contributed by atoms with E-state index in [1.165, 1.54) is 12.0 Å². The van der Waals surface area contributed by atoms with Crippen molar-refractivity contribution in [2.24, 2.45) is 10.9 Å². The van der Waals surface area contributed by atoms with Crippen molar-refractivity contribution >= 4 is 34.7 Å². The summed E-state index contributed by atoms with van der Waals surface area (Å²) in [6.45, 7) is 6.50. The summed E-state index contributed by atoms with van der Waals surface area (Å²) >= 11 is 11.0. The molecule has 0 spiro atoms. The van der Waals surface area contributed by atoms with Crippen LogP contribution in [0.2, 0.25) is 5.02 Å². The Morgan fingerprint density at radius 1 is 1.18 bits per heavy atom. The molecule has 0 amide bonds. The van der Waals surface area contributed by atoms with Gasteiger partial charge in [-0.15, -0.1) is 0 Å². The third kappa shape index (κ3) is 4.04. The largest absolute Gasteiger partial charge is 0.193 e. The minimum atomic E-state index is 0.607. The number of hydrogen-bond donors (Lipinski definition) is 0. The normalized spacial score (nSPS) is 11.8. The van der Waals surface area contributed by atoms with Gasteiger partial charge in [-0.3, -0.25) is 0 Å². The second-order valence-corrected chi connectivity index (χ2v) is 6.33. The van der Waals surface area contributed by atoms with Crippen molar-refractivity contribution in [1.29, 1.82) is 0 Å². The average Bonchev–Trinajstić information content (AvgIpc) is 2.51. The highest BCUT2D eigenvalue weighted by atomic mass is 35.5. The molecule has 1 unspecified atom stereocenters. The highest BCUT2D eigenvalue weighted by Gasteiger charge is 2.08.